The first-order chi connectivity index (χ1) is 13.3. The van der Waals surface area contributed by atoms with Crippen LogP contribution >= 0.6 is 15.9 Å². The first-order valence-corrected chi connectivity index (χ1v) is 11.0. The number of anilines is 2. The first-order valence-electron chi connectivity index (χ1n) is 8.68. The number of methoxy groups -OCH3 is 2. The van der Waals surface area contributed by atoms with Gasteiger partial charge in [-0.3, -0.25) is 9.52 Å². The zero-order valence-corrected chi connectivity index (χ0v) is 18.2. The second-order valence-corrected chi connectivity index (χ2v) is 8.74. The number of hydrogen-bond donors (Lipinski definition) is 1. The summed E-state index contributed by atoms with van der Waals surface area (Å²) >= 11 is 3.36. The number of rotatable bonds is 6. The van der Waals surface area contributed by atoms with Crippen LogP contribution in [0.4, 0.5) is 11.4 Å². The fourth-order valence-electron chi connectivity index (χ4n) is 3.14. The number of hydrogen-bond acceptors (Lipinski definition) is 5. The Labute approximate surface area is 172 Å². The van der Waals surface area contributed by atoms with E-state index in [2.05, 4.69) is 20.7 Å². The minimum atomic E-state index is -3.95. The number of fused-ring (bicyclic) bond motifs is 1. The first kappa shape index (κ1) is 20.5. The van der Waals surface area contributed by atoms with Crippen molar-refractivity contribution in [3.63, 3.8) is 0 Å². The minimum absolute atomic E-state index is 0.0353. The summed E-state index contributed by atoms with van der Waals surface area (Å²) in [5, 5.41) is 0. The molecule has 1 amide bonds. The summed E-state index contributed by atoms with van der Waals surface area (Å²) in [5.41, 5.74) is 1.83. The molecule has 0 saturated heterocycles. The molecule has 28 heavy (non-hydrogen) atoms. The number of benzene rings is 2. The Hall–Kier alpha value is -2.26. The van der Waals surface area contributed by atoms with E-state index in [9.17, 15) is 13.2 Å². The van der Waals surface area contributed by atoms with Gasteiger partial charge in [0.05, 0.1) is 19.9 Å². The Bertz CT molecular complexity index is 1020. The van der Waals surface area contributed by atoms with Gasteiger partial charge in [0.2, 0.25) is 5.91 Å². The maximum atomic E-state index is 13.1. The number of ether oxygens (including phenoxy) is 2. The SMILES string of the molecule is CCC(=O)N1CCc2cc(Br)c(S(=O)(=O)Nc3cc(OC)ccc3OC)cc21. The molecule has 150 valence electrons. The van der Waals surface area contributed by atoms with E-state index in [1.807, 2.05) is 0 Å². The summed E-state index contributed by atoms with van der Waals surface area (Å²) in [6.45, 7) is 2.34. The Morgan fingerprint density at radius 1 is 1.21 bits per heavy atom. The van der Waals surface area contributed by atoms with Crippen LogP contribution in [0.2, 0.25) is 0 Å². The number of amides is 1. The smallest absolute Gasteiger partial charge is 0.263 e. The van der Waals surface area contributed by atoms with E-state index in [1.54, 1.807) is 36.1 Å². The van der Waals surface area contributed by atoms with Gasteiger partial charge in [-0.1, -0.05) is 6.92 Å². The topological polar surface area (TPSA) is 84.9 Å². The quantitative estimate of drug-likeness (QED) is 0.700. The Morgan fingerprint density at radius 3 is 2.61 bits per heavy atom. The van der Waals surface area contributed by atoms with Crippen molar-refractivity contribution in [3.8, 4) is 11.5 Å². The van der Waals surface area contributed by atoms with Gasteiger partial charge in [-0.05, 0) is 52.2 Å². The highest BCUT2D eigenvalue weighted by molar-refractivity contribution is 9.10. The summed E-state index contributed by atoms with van der Waals surface area (Å²) in [5.74, 6) is 0.822. The van der Waals surface area contributed by atoms with Crippen molar-refractivity contribution in [1.29, 1.82) is 0 Å². The molecule has 0 spiro atoms. The van der Waals surface area contributed by atoms with E-state index in [1.165, 1.54) is 20.3 Å². The summed E-state index contributed by atoms with van der Waals surface area (Å²) < 4.78 is 39.6. The van der Waals surface area contributed by atoms with E-state index in [0.717, 1.165) is 5.56 Å². The van der Waals surface area contributed by atoms with Crippen LogP contribution < -0.4 is 19.1 Å². The molecule has 0 aliphatic carbocycles. The lowest BCUT2D eigenvalue weighted by molar-refractivity contribution is -0.118. The van der Waals surface area contributed by atoms with E-state index < -0.39 is 10.0 Å². The predicted octanol–water partition coefficient (Wildman–Crippen LogP) is 3.57. The third-order valence-electron chi connectivity index (χ3n) is 4.57. The van der Waals surface area contributed by atoms with Crippen molar-refractivity contribution in [2.75, 3.05) is 30.4 Å². The molecule has 1 aliphatic rings. The van der Waals surface area contributed by atoms with Crippen molar-refractivity contribution in [2.24, 2.45) is 0 Å². The van der Waals surface area contributed by atoms with Crippen LogP contribution in [0.3, 0.4) is 0 Å². The van der Waals surface area contributed by atoms with Crippen LogP contribution in [0.15, 0.2) is 39.7 Å². The van der Waals surface area contributed by atoms with Gasteiger partial charge < -0.3 is 14.4 Å². The minimum Gasteiger partial charge on any atom is -0.497 e. The molecule has 0 saturated carbocycles. The molecule has 0 atom stereocenters. The summed E-state index contributed by atoms with van der Waals surface area (Å²) in [6.07, 6.45) is 1.05. The lowest BCUT2D eigenvalue weighted by Gasteiger charge is -2.18. The molecule has 1 aliphatic heterocycles. The molecule has 3 rings (SSSR count). The monoisotopic (exact) mass is 468 g/mol. The van der Waals surface area contributed by atoms with Crippen molar-refractivity contribution in [1.82, 2.24) is 0 Å². The maximum Gasteiger partial charge on any atom is 0.263 e. The van der Waals surface area contributed by atoms with Crippen LogP contribution in [0, 0.1) is 0 Å². The lowest BCUT2D eigenvalue weighted by Crippen LogP contribution is -2.28. The summed E-state index contributed by atoms with van der Waals surface area (Å²) in [7, 11) is -0.995. The number of carbonyl (C=O) groups excluding carboxylic acids is 1. The van der Waals surface area contributed by atoms with Crippen molar-refractivity contribution >= 4 is 43.2 Å². The average Bonchev–Trinajstić information content (AvgIpc) is 3.08. The number of sulfonamides is 1. The Morgan fingerprint density at radius 2 is 1.96 bits per heavy atom. The highest BCUT2D eigenvalue weighted by Gasteiger charge is 2.28. The van der Waals surface area contributed by atoms with Crippen molar-refractivity contribution < 1.29 is 22.7 Å². The summed E-state index contributed by atoms with van der Waals surface area (Å²) in [6, 6.07) is 8.14. The largest absolute Gasteiger partial charge is 0.497 e. The lowest BCUT2D eigenvalue weighted by atomic mass is 10.2. The van der Waals surface area contributed by atoms with E-state index >= 15 is 0 Å². The predicted molar refractivity (Wildman–Crippen MR) is 111 cm³/mol. The molecular weight excluding hydrogens is 448 g/mol. The van der Waals surface area contributed by atoms with Gasteiger partial charge in [0.1, 0.15) is 16.4 Å². The number of nitrogens with one attached hydrogen (secondary N) is 1. The van der Waals surface area contributed by atoms with Gasteiger partial charge in [0.15, 0.2) is 0 Å². The van der Waals surface area contributed by atoms with Gasteiger partial charge in [-0.25, -0.2) is 8.42 Å². The third-order valence-corrected chi connectivity index (χ3v) is 6.90. The standard InChI is InChI=1S/C19H21BrN2O5S/c1-4-19(23)22-8-7-12-9-14(20)18(11-16(12)22)28(24,25)21-15-10-13(26-2)5-6-17(15)27-3/h5-6,9-11,21H,4,7-8H2,1-3H3. The molecular formula is C19H21BrN2O5S. The third kappa shape index (κ3) is 3.81. The number of halogens is 1. The second kappa shape index (κ2) is 8.00. The van der Waals surface area contributed by atoms with Gasteiger partial charge in [-0.15, -0.1) is 0 Å². The summed E-state index contributed by atoms with van der Waals surface area (Å²) in [4.78, 5) is 13.9. The molecule has 0 unspecified atom stereocenters. The molecule has 0 fully saturated rings. The molecule has 2 aromatic rings. The van der Waals surface area contributed by atoms with Gasteiger partial charge >= 0.3 is 0 Å². The highest BCUT2D eigenvalue weighted by Crippen LogP contribution is 2.37. The highest BCUT2D eigenvalue weighted by atomic mass is 79.9. The Balaban J connectivity index is 2.03. The van der Waals surface area contributed by atoms with Crippen LogP contribution in [0.1, 0.15) is 18.9 Å². The fraction of sp³-hybridized carbons (Fsp3) is 0.316. The molecule has 2 aromatic carbocycles. The van der Waals surface area contributed by atoms with Gasteiger partial charge in [0, 0.05) is 29.2 Å². The van der Waals surface area contributed by atoms with Crippen molar-refractivity contribution in [3.05, 3.63) is 40.4 Å². The van der Waals surface area contributed by atoms with Crippen LogP contribution in [-0.4, -0.2) is 35.1 Å². The molecule has 7 nitrogen and oxygen atoms in total. The number of carbonyl (C=O) groups is 1. The molecule has 0 aromatic heterocycles. The zero-order chi connectivity index (χ0) is 20.5. The number of nitrogens with zero attached hydrogens (tertiary/aromatic N) is 1. The van der Waals surface area contributed by atoms with Crippen LogP contribution in [0.25, 0.3) is 0 Å². The fourth-order valence-corrected chi connectivity index (χ4v) is 5.31. The van der Waals surface area contributed by atoms with E-state index in [-0.39, 0.29) is 16.5 Å². The zero-order valence-electron chi connectivity index (χ0n) is 15.8. The maximum absolute atomic E-state index is 13.1. The van der Waals surface area contributed by atoms with E-state index in [4.69, 9.17) is 9.47 Å². The molecule has 1 heterocycles. The molecule has 1 N–H and O–H groups in total. The van der Waals surface area contributed by atoms with Crippen LogP contribution in [0.5, 0.6) is 11.5 Å². The Kier molecular flexibility index (Phi) is 5.85. The second-order valence-electron chi connectivity index (χ2n) is 6.23. The molecule has 0 radical (unpaired) electrons. The average molecular weight is 469 g/mol. The van der Waals surface area contributed by atoms with Crippen LogP contribution in [-0.2, 0) is 21.2 Å². The van der Waals surface area contributed by atoms with Crippen molar-refractivity contribution in [2.45, 2.75) is 24.7 Å². The molecule has 9 heteroatoms. The van der Waals surface area contributed by atoms with Gasteiger partial charge in [-0.2, -0.15) is 0 Å². The normalized spacial score (nSPS) is 13.2. The van der Waals surface area contributed by atoms with E-state index in [0.29, 0.717) is 41.0 Å². The van der Waals surface area contributed by atoms with Gasteiger partial charge in [0.25, 0.3) is 10.0 Å². The molecule has 0 bridgehead atoms.